The number of amides is 5. The molecule has 0 saturated carbocycles. The number of halogens is 1. The third-order valence-corrected chi connectivity index (χ3v) is 7.56. The maximum Gasteiger partial charge on any atom is 0.272 e. The third kappa shape index (κ3) is 8.86. The van der Waals surface area contributed by atoms with Crippen LogP contribution in [0.2, 0.25) is 0 Å². The predicted molar refractivity (Wildman–Crippen MR) is 189 cm³/mol. The van der Waals surface area contributed by atoms with Gasteiger partial charge >= 0.3 is 0 Å². The van der Waals surface area contributed by atoms with Crippen molar-refractivity contribution in [2.24, 2.45) is 33.9 Å². The number of guanidine groups is 1. The quantitative estimate of drug-likeness (QED) is 0.0614. The lowest BCUT2D eigenvalue weighted by Crippen LogP contribution is -2.44. The van der Waals surface area contributed by atoms with Crippen LogP contribution in [0, 0.1) is 5.41 Å². The molecule has 5 amide bonds. The second-order valence-electron chi connectivity index (χ2n) is 11.3. The minimum absolute atomic E-state index is 0.143. The molecule has 4 aromatic heterocycles. The van der Waals surface area contributed by atoms with E-state index in [-0.39, 0.29) is 46.0 Å². The van der Waals surface area contributed by atoms with E-state index in [4.69, 9.17) is 11.1 Å². The average molecular weight is 738 g/mol. The van der Waals surface area contributed by atoms with E-state index in [0.29, 0.717) is 28.4 Å². The van der Waals surface area contributed by atoms with Crippen molar-refractivity contribution in [3.05, 3.63) is 82.9 Å². The third-order valence-electron chi connectivity index (χ3n) is 7.20. The molecule has 1 atom stereocenters. The van der Waals surface area contributed by atoms with Crippen LogP contribution in [0.15, 0.2) is 60.1 Å². The number of carbonyl (C=O) groups excluding carboxylic acids is 5. The molecule has 0 fully saturated rings. The Labute approximate surface area is 289 Å². The zero-order chi connectivity index (χ0) is 36.2. The number of hydrogen-bond acceptors (Lipinski definition) is 6. The van der Waals surface area contributed by atoms with Gasteiger partial charge in [-0.1, -0.05) is 6.58 Å². The van der Waals surface area contributed by atoms with Crippen molar-refractivity contribution in [3.63, 3.8) is 0 Å². The molecule has 1 unspecified atom stereocenters. The molecule has 9 N–H and O–H groups in total. The smallest absolute Gasteiger partial charge is 0.272 e. The minimum Gasteiger partial charge on any atom is -0.370 e. The fraction of sp³-hybridized carbons (Fsp3) is 0.226. The van der Waals surface area contributed by atoms with Gasteiger partial charge in [0.05, 0.1) is 27.2 Å². The van der Waals surface area contributed by atoms with Crippen LogP contribution in [0.3, 0.4) is 0 Å². The molecule has 0 bridgehead atoms. The molecule has 0 saturated heterocycles. The van der Waals surface area contributed by atoms with Gasteiger partial charge in [-0.2, -0.15) is 0 Å². The summed E-state index contributed by atoms with van der Waals surface area (Å²) in [6.45, 7) is 5.51. The predicted octanol–water partition coefficient (Wildman–Crippen LogP) is 2.25. The molecular formula is C31H37BrN12O5. The number of aryl methyl sites for hydroxylation is 4. The highest BCUT2D eigenvalue weighted by atomic mass is 79.9. The van der Waals surface area contributed by atoms with E-state index in [0.717, 1.165) is 0 Å². The molecule has 0 aliphatic rings. The summed E-state index contributed by atoms with van der Waals surface area (Å²) in [5.41, 5.74) is 7.89. The summed E-state index contributed by atoms with van der Waals surface area (Å²) in [4.78, 5) is 63.8. The van der Waals surface area contributed by atoms with Gasteiger partial charge < -0.3 is 55.9 Å². The van der Waals surface area contributed by atoms with Crippen LogP contribution >= 0.6 is 15.9 Å². The van der Waals surface area contributed by atoms with Crippen LogP contribution in [0.25, 0.3) is 0 Å². The highest BCUT2D eigenvalue weighted by molar-refractivity contribution is 9.12. The molecule has 4 rings (SSSR count). The summed E-state index contributed by atoms with van der Waals surface area (Å²) in [5, 5.41) is 23.6. The van der Waals surface area contributed by atoms with Gasteiger partial charge in [0, 0.05) is 65.6 Å². The van der Waals surface area contributed by atoms with Crippen LogP contribution < -0.4 is 37.6 Å². The van der Waals surface area contributed by atoms with Gasteiger partial charge in [0.2, 0.25) is 0 Å². The van der Waals surface area contributed by atoms with Gasteiger partial charge in [0.15, 0.2) is 5.96 Å². The molecule has 0 aromatic carbocycles. The molecule has 17 nitrogen and oxygen atoms in total. The Kier molecular flexibility index (Phi) is 10.8. The van der Waals surface area contributed by atoms with Crippen LogP contribution in [-0.2, 0) is 33.0 Å². The zero-order valence-electron chi connectivity index (χ0n) is 27.4. The number of hydrogen-bond donors (Lipinski definition) is 8. The largest absolute Gasteiger partial charge is 0.370 e. The van der Waals surface area contributed by atoms with Gasteiger partial charge in [0.1, 0.15) is 22.8 Å². The van der Waals surface area contributed by atoms with Crippen LogP contribution in [0.4, 0.5) is 22.7 Å². The number of nitrogens with zero attached hydrogens (tertiary/aromatic N) is 4. The van der Waals surface area contributed by atoms with Gasteiger partial charge in [0.25, 0.3) is 29.5 Å². The van der Waals surface area contributed by atoms with E-state index in [1.54, 1.807) is 78.2 Å². The van der Waals surface area contributed by atoms with Crippen LogP contribution in [-0.4, -0.2) is 66.4 Å². The summed E-state index contributed by atoms with van der Waals surface area (Å²) >= 11 is 3.01. The normalized spacial score (nSPS) is 11.3. The van der Waals surface area contributed by atoms with Crippen LogP contribution in [0.5, 0.6) is 0 Å². The Morgan fingerprint density at radius 1 is 0.694 bits per heavy atom. The van der Waals surface area contributed by atoms with E-state index in [2.05, 4.69) is 54.4 Å². The summed E-state index contributed by atoms with van der Waals surface area (Å²) < 4.78 is 6.36. The van der Waals surface area contributed by atoms with Gasteiger partial charge in [-0.05, 0) is 47.1 Å². The lowest BCUT2D eigenvalue weighted by molar-refractivity contribution is -0.112. The Bertz CT molecular complexity index is 1980. The number of carbonyl (C=O) groups is 5. The van der Waals surface area contributed by atoms with E-state index < -0.39 is 23.6 Å². The summed E-state index contributed by atoms with van der Waals surface area (Å²) in [6.07, 6.45) is 6.33. The standard InChI is InChI=1S/C31H37BrN12O5/c1-16(36-31(33)34)11-35-27(46)22-7-19(13-41(22)3)38-29(48)24-9-21(15-43(24)5)40-30(49)25-10-20(14-44(25)6)39-28(47)23-8-18(12-42(23)4)37-26(45)17(2)32/h7-10,12-16H,2,11H2,1,3-6H3,(H,35,46)(H,37,45)(H,38,48)(H,39,47)(H,40,49)(H4,33,34,36). The first kappa shape index (κ1) is 35.8. The highest BCUT2D eigenvalue weighted by Gasteiger charge is 2.20. The monoisotopic (exact) mass is 736 g/mol. The SMILES string of the molecule is C=C(Br)C(=O)Nc1cc(C(=O)Nc2cc(C(=O)Nc3cc(C(=O)Nc4cc(C(=O)NCC(C)NC(=N)N)n(C)c4)n(C)c3)n(C)c2)n(C)c1. The molecule has 0 aliphatic carbocycles. The molecule has 4 aromatic rings. The van der Waals surface area contributed by atoms with E-state index in [9.17, 15) is 24.0 Å². The Morgan fingerprint density at radius 2 is 1.02 bits per heavy atom. The van der Waals surface area contributed by atoms with Crippen molar-refractivity contribution in [3.8, 4) is 0 Å². The summed E-state index contributed by atoms with van der Waals surface area (Å²) in [7, 11) is 6.62. The Hall–Kier alpha value is -6.04. The van der Waals surface area contributed by atoms with Gasteiger partial charge in [-0.15, -0.1) is 0 Å². The lowest BCUT2D eigenvalue weighted by atomic mass is 10.3. The van der Waals surface area contributed by atoms with E-state index in [1.165, 1.54) is 24.3 Å². The maximum atomic E-state index is 13.2. The second-order valence-corrected chi connectivity index (χ2v) is 12.2. The molecule has 18 heteroatoms. The van der Waals surface area contributed by atoms with E-state index >= 15 is 0 Å². The van der Waals surface area contributed by atoms with Crippen molar-refractivity contribution in [1.82, 2.24) is 28.9 Å². The fourth-order valence-electron chi connectivity index (χ4n) is 4.87. The van der Waals surface area contributed by atoms with Crippen molar-refractivity contribution in [2.75, 3.05) is 27.8 Å². The summed E-state index contributed by atoms with van der Waals surface area (Å²) in [5.74, 6) is -2.42. The lowest BCUT2D eigenvalue weighted by Gasteiger charge is -2.14. The Balaban J connectivity index is 1.37. The first-order valence-electron chi connectivity index (χ1n) is 14.7. The molecule has 0 spiro atoms. The van der Waals surface area contributed by atoms with Crippen molar-refractivity contribution in [1.29, 1.82) is 5.41 Å². The molecule has 49 heavy (non-hydrogen) atoms. The molecule has 258 valence electrons. The molecule has 0 aliphatic heterocycles. The zero-order valence-corrected chi connectivity index (χ0v) is 29.0. The topological polar surface area (TPSA) is 227 Å². The molecule has 0 radical (unpaired) electrons. The van der Waals surface area contributed by atoms with Gasteiger partial charge in [-0.3, -0.25) is 29.4 Å². The minimum atomic E-state index is -0.481. The average Bonchev–Trinajstić information content (AvgIpc) is 3.76. The first-order valence-corrected chi connectivity index (χ1v) is 15.5. The highest BCUT2D eigenvalue weighted by Crippen LogP contribution is 2.21. The summed E-state index contributed by atoms with van der Waals surface area (Å²) in [6, 6.07) is 5.80. The number of nitrogens with two attached hydrogens (primary N) is 1. The fourth-order valence-corrected chi connectivity index (χ4v) is 4.97. The maximum absolute atomic E-state index is 13.2. The van der Waals surface area contributed by atoms with Crippen molar-refractivity contribution < 1.29 is 24.0 Å². The van der Waals surface area contributed by atoms with Crippen molar-refractivity contribution >= 4 is 74.2 Å². The molecular weight excluding hydrogens is 700 g/mol. The number of anilines is 4. The number of nitrogens with one attached hydrogen (secondary N) is 7. The van der Waals surface area contributed by atoms with Gasteiger partial charge in [-0.25, -0.2) is 0 Å². The first-order chi connectivity index (χ1) is 23.0. The van der Waals surface area contributed by atoms with Crippen molar-refractivity contribution in [2.45, 2.75) is 13.0 Å². The molecule has 4 heterocycles. The van der Waals surface area contributed by atoms with E-state index in [1.807, 2.05) is 0 Å². The number of aromatic nitrogens is 4. The number of rotatable bonds is 12. The second kappa shape index (κ2) is 14.8. The Morgan fingerprint density at radius 3 is 1.35 bits per heavy atom. The van der Waals surface area contributed by atoms with Crippen LogP contribution in [0.1, 0.15) is 48.9 Å².